The van der Waals surface area contributed by atoms with Crippen molar-refractivity contribution in [3.63, 3.8) is 0 Å². The number of nitrogens with zero attached hydrogens (tertiary/aromatic N) is 2. The Hall–Kier alpha value is -2.11. The van der Waals surface area contributed by atoms with Crippen molar-refractivity contribution in [2.45, 2.75) is 12.8 Å². The number of hydrogen-bond acceptors (Lipinski definition) is 4. The summed E-state index contributed by atoms with van der Waals surface area (Å²) < 4.78 is 0. The number of primary amides is 1. The van der Waals surface area contributed by atoms with Gasteiger partial charge in [-0.2, -0.15) is 0 Å². The molecule has 1 heterocycles. The van der Waals surface area contributed by atoms with E-state index in [0.717, 1.165) is 0 Å². The van der Waals surface area contributed by atoms with Crippen LogP contribution in [0.2, 0.25) is 0 Å². The minimum atomic E-state index is -0.379. The Morgan fingerprint density at radius 2 is 1.94 bits per heavy atom. The Bertz CT molecular complexity index is 467. The molecule has 0 bridgehead atoms. The summed E-state index contributed by atoms with van der Waals surface area (Å²) in [6, 6.07) is 6.67. The first-order chi connectivity index (χ1) is 8.59. The van der Waals surface area contributed by atoms with Gasteiger partial charge < -0.3 is 10.6 Å². The fraction of sp³-hybridized carbons (Fsp3) is 0.417. The van der Waals surface area contributed by atoms with E-state index in [-0.39, 0.29) is 22.4 Å². The molecule has 2 N–H and O–H groups in total. The van der Waals surface area contributed by atoms with Gasteiger partial charge in [-0.05, 0) is 18.9 Å². The normalized spacial score (nSPS) is 16.6. The molecule has 1 fully saturated rings. The highest BCUT2D eigenvalue weighted by Gasteiger charge is 2.26. The molecule has 0 unspecified atom stereocenters. The average molecular weight is 249 g/mol. The summed E-state index contributed by atoms with van der Waals surface area (Å²) in [5.41, 5.74) is 5.99. The van der Waals surface area contributed by atoms with Crippen LogP contribution in [0.4, 0.5) is 11.4 Å². The molecule has 96 valence electrons. The van der Waals surface area contributed by atoms with Crippen LogP contribution in [0.1, 0.15) is 12.8 Å². The van der Waals surface area contributed by atoms with E-state index in [0.29, 0.717) is 31.6 Å². The van der Waals surface area contributed by atoms with Crippen molar-refractivity contribution in [1.29, 1.82) is 0 Å². The van der Waals surface area contributed by atoms with Crippen molar-refractivity contribution >= 4 is 17.3 Å². The summed E-state index contributed by atoms with van der Waals surface area (Å²) in [5.74, 6) is -0.388. The van der Waals surface area contributed by atoms with Crippen molar-refractivity contribution in [3.05, 3.63) is 34.4 Å². The molecule has 0 radical (unpaired) electrons. The van der Waals surface area contributed by atoms with Crippen LogP contribution in [-0.4, -0.2) is 23.9 Å². The molecule has 1 aliphatic rings. The van der Waals surface area contributed by atoms with E-state index in [1.54, 1.807) is 18.2 Å². The molecule has 6 nitrogen and oxygen atoms in total. The van der Waals surface area contributed by atoms with Gasteiger partial charge in [-0.1, -0.05) is 12.1 Å². The topological polar surface area (TPSA) is 89.5 Å². The van der Waals surface area contributed by atoms with E-state index in [1.807, 2.05) is 4.90 Å². The molecule has 0 atom stereocenters. The van der Waals surface area contributed by atoms with Crippen LogP contribution in [0.5, 0.6) is 0 Å². The van der Waals surface area contributed by atoms with E-state index < -0.39 is 0 Å². The van der Waals surface area contributed by atoms with Crippen LogP contribution in [0.25, 0.3) is 0 Å². The molecular formula is C12H15N3O3. The number of nitro benzene ring substituents is 1. The summed E-state index contributed by atoms with van der Waals surface area (Å²) in [7, 11) is 0. The van der Waals surface area contributed by atoms with Crippen LogP contribution in [0.3, 0.4) is 0 Å². The summed E-state index contributed by atoms with van der Waals surface area (Å²) in [6.45, 7) is 1.25. The number of hydrogen-bond donors (Lipinski definition) is 1. The highest BCUT2D eigenvalue weighted by molar-refractivity contribution is 5.77. The van der Waals surface area contributed by atoms with Crippen molar-refractivity contribution < 1.29 is 9.72 Å². The number of carbonyl (C=O) groups excluding carboxylic acids is 1. The Labute approximate surface area is 105 Å². The minimum Gasteiger partial charge on any atom is -0.369 e. The molecule has 0 saturated carbocycles. The third-order valence-electron chi connectivity index (χ3n) is 3.32. The van der Waals surface area contributed by atoms with E-state index in [9.17, 15) is 14.9 Å². The molecule has 1 aliphatic heterocycles. The van der Waals surface area contributed by atoms with Crippen LogP contribution < -0.4 is 10.6 Å². The van der Waals surface area contributed by atoms with Gasteiger partial charge in [-0.15, -0.1) is 0 Å². The Morgan fingerprint density at radius 3 is 2.50 bits per heavy atom. The molecule has 1 amide bonds. The smallest absolute Gasteiger partial charge is 0.292 e. The first kappa shape index (κ1) is 12.3. The summed E-state index contributed by atoms with van der Waals surface area (Å²) in [5, 5.41) is 10.9. The second kappa shape index (κ2) is 5.03. The van der Waals surface area contributed by atoms with Crippen LogP contribution >= 0.6 is 0 Å². The standard InChI is InChI=1S/C12H15N3O3/c13-12(16)9-5-7-14(8-6-9)10-3-1-2-4-11(10)15(17)18/h1-4,9H,5-8H2,(H2,13,16). The second-order valence-corrected chi connectivity index (χ2v) is 4.41. The van der Waals surface area contributed by atoms with Crippen molar-refractivity contribution in [2.24, 2.45) is 11.7 Å². The highest BCUT2D eigenvalue weighted by Crippen LogP contribution is 2.30. The SMILES string of the molecule is NC(=O)C1CCN(c2ccccc2[N+](=O)[O-])CC1. The monoisotopic (exact) mass is 249 g/mol. The van der Waals surface area contributed by atoms with Crippen molar-refractivity contribution in [1.82, 2.24) is 0 Å². The predicted octanol–water partition coefficient (Wildman–Crippen LogP) is 1.30. The van der Waals surface area contributed by atoms with Gasteiger partial charge in [0.1, 0.15) is 5.69 Å². The van der Waals surface area contributed by atoms with Crippen molar-refractivity contribution in [2.75, 3.05) is 18.0 Å². The molecule has 0 aliphatic carbocycles. The lowest BCUT2D eigenvalue weighted by Crippen LogP contribution is -2.38. The lowest BCUT2D eigenvalue weighted by atomic mass is 9.96. The number of benzene rings is 1. The van der Waals surface area contributed by atoms with Crippen LogP contribution in [-0.2, 0) is 4.79 Å². The Balaban J connectivity index is 2.15. The zero-order chi connectivity index (χ0) is 13.1. The predicted molar refractivity (Wildman–Crippen MR) is 67.2 cm³/mol. The average Bonchev–Trinajstić information content (AvgIpc) is 2.39. The van der Waals surface area contributed by atoms with Gasteiger partial charge in [0.05, 0.1) is 4.92 Å². The van der Waals surface area contributed by atoms with Gasteiger partial charge in [-0.25, -0.2) is 0 Å². The Morgan fingerprint density at radius 1 is 1.33 bits per heavy atom. The van der Waals surface area contributed by atoms with E-state index in [4.69, 9.17) is 5.73 Å². The number of amides is 1. The molecule has 1 saturated heterocycles. The van der Waals surface area contributed by atoms with E-state index >= 15 is 0 Å². The molecule has 0 aromatic heterocycles. The van der Waals surface area contributed by atoms with E-state index in [2.05, 4.69) is 0 Å². The van der Waals surface area contributed by atoms with Gasteiger partial charge in [0.2, 0.25) is 5.91 Å². The minimum absolute atomic E-state index is 0.107. The van der Waals surface area contributed by atoms with Gasteiger partial charge in [0, 0.05) is 25.1 Å². The molecule has 2 rings (SSSR count). The van der Waals surface area contributed by atoms with Gasteiger partial charge in [0.25, 0.3) is 5.69 Å². The summed E-state index contributed by atoms with van der Waals surface area (Å²) in [6.07, 6.45) is 1.31. The van der Waals surface area contributed by atoms with Gasteiger partial charge in [0.15, 0.2) is 0 Å². The van der Waals surface area contributed by atoms with E-state index in [1.165, 1.54) is 6.07 Å². The maximum atomic E-state index is 11.1. The molecule has 0 spiro atoms. The number of piperidine rings is 1. The zero-order valence-electron chi connectivity index (χ0n) is 9.91. The fourth-order valence-electron chi connectivity index (χ4n) is 2.29. The number of para-hydroxylation sites is 2. The third kappa shape index (κ3) is 2.42. The molecule has 1 aromatic carbocycles. The number of carbonyl (C=O) groups is 1. The largest absolute Gasteiger partial charge is 0.369 e. The lowest BCUT2D eigenvalue weighted by molar-refractivity contribution is -0.384. The van der Waals surface area contributed by atoms with Crippen molar-refractivity contribution in [3.8, 4) is 0 Å². The third-order valence-corrected chi connectivity index (χ3v) is 3.32. The maximum Gasteiger partial charge on any atom is 0.292 e. The first-order valence-corrected chi connectivity index (χ1v) is 5.87. The van der Waals surface area contributed by atoms with Gasteiger partial charge >= 0.3 is 0 Å². The summed E-state index contributed by atoms with van der Waals surface area (Å²) in [4.78, 5) is 23.6. The Kier molecular flexibility index (Phi) is 3.45. The number of rotatable bonds is 3. The van der Waals surface area contributed by atoms with Gasteiger partial charge in [-0.3, -0.25) is 14.9 Å². The lowest BCUT2D eigenvalue weighted by Gasteiger charge is -2.31. The number of nitro groups is 1. The maximum absolute atomic E-state index is 11.1. The molecule has 18 heavy (non-hydrogen) atoms. The number of anilines is 1. The zero-order valence-corrected chi connectivity index (χ0v) is 9.91. The number of nitrogens with two attached hydrogens (primary N) is 1. The second-order valence-electron chi connectivity index (χ2n) is 4.41. The fourth-order valence-corrected chi connectivity index (χ4v) is 2.29. The molecular weight excluding hydrogens is 234 g/mol. The first-order valence-electron chi connectivity index (χ1n) is 5.87. The highest BCUT2D eigenvalue weighted by atomic mass is 16.6. The quantitative estimate of drug-likeness (QED) is 0.645. The van der Waals surface area contributed by atoms with Crippen LogP contribution in [0, 0.1) is 16.0 Å². The molecule has 6 heteroatoms. The molecule has 1 aromatic rings. The van der Waals surface area contributed by atoms with Crippen LogP contribution in [0.15, 0.2) is 24.3 Å². The summed E-state index contributed by atoms with van der Waals surface area (Å²) >= 11 is 0.